The number of hydrogen-bond donors (Lipinski definition) is 1. The van der Waals surface area contributed by atoms with Gasteiger partial charge in [0.15, 0.2) is 11.5 Å². The van der Waals surface area contributed by atoms with Gasteiger partial charge in [0.1, 0.15) is 12.1 Å². The second-order valence-electron chi connectivity index (χ2n) is 9.54. The summed E-state index contributed by atoms with van der Waals surface area (Å²) < 4.78 is 17.1. The summed E-state index contributed by atoms with van der Waals surface area (Å²) in [6.07, 6.45) is 2.70. The standard InChI is InChI=1S/C24H38N2O4.ClH/c1-14(2)9-17-13-26-8-7-16-10-21(28-5)22(29-6)11-18(16)19(26)12-20(17)30-24(27)23(25)15(3)4;/h10-11,14-15,17,19-20,23H,7-9,12-13,25H2,1-6H3;1H/t17-,19-,20-,23+;/m1./s1. The third-order valence-corrected chi connectivity index (χ3v) is 6.60. The molecule has 2 heterocycles. The number of fused-ring (bicyclic) bond motifs is 3. The lowest BCUT2D eigenvalue weighted by molar-refractivity contribution is -0.160. The van der Waals surface area contributed by atoms with Gasteiger partial charge in [-0.1, -0.05) is 27.7 Å². The van der Waals surface area contributed by atoms with E-state index in [9.17, 15) is 4.79 Å². The van der Waals surface area contributed by atoms with Crippen LogP contribution in [-0.2, 0) is 16.0 Å². The van der Waals surface area contributed by atoms with Crippen LogP contribution in [-0.4, -0.2) is 50.3 Å². The van der Waals surface area contributed by atoms with E-state index in [1.807, 2.05) is 13.8 Å². The first-order chi connectivity index (χ1) is 14.2. The second-order valence-corrected chi connectivity index (χ2v) is 9.54. The lowest BCUT2D eigenvalue weighted by Crippen LogP contribution is -2.51. The van der Waals surface area contributed by atoms with Gasteiger partial charge in [-0.15, -0.1) is 12.4 Å². The molecule has 0 bridgehead atoms. The maximum atomic E-state index is 12.7. The average molecular weight is 455 g/mol. The third kappa shape index (κ3) is 5.65. The molecule has 1 aromatic rings. The van der Waals surface area contributed by atoms with Crippen molar-refractivity contribution in [1.29, 1.82) is 0 Å². The molecule has 0 unspecified atom stereocenters. The zero-order chi connectivity index (χ0) is 22.0. The van der Waals surface area contributed by atoms with E-state index in [2.05, 4.69) is 30.9 Å². The van der Waals surface area contributed by atoms with Crippen LogP contribution < -0.4 is 15.2 Å². The topological polar surface area (TPSA) is 74.0 Å². The molecule has 176 valence electrons. The molecule has 2 N–H and O–H groups in total. The molecule has 6 nitrogen and oxygen atoms in total. The monoisotopic (exact) mass is 454 g/mol. The maximum Gasteiger partial charge on any atom is 0.323 e. The molecule has 0 aliphatic carbocycles. The highest BCUT2D eigenvalue weighted by molar-refractivity contribution is 5.85. The molecule has 1 fully saturated rings. The number of rotatable bonds is 7. The van der Waals surface area contributed by atoms with Gasteiger partial charge in [-0.25, -0.2) is 0 Å². The largest absolute Gasteiger partial charge is 0.493 e. The van der Waals surface area contributed by atoms with Gasteiger partial charge in [0.2, 0.25) is 0 Å². The molecule has 0 radical (unpaired) electrons. The normalized spacial score (nSPS) is 24.1. The molecular formula is C24H39ClN2O4. The molecule has 2 aliphatic rings. The summed E-state index contributed by atoms with van der Waals surface area (Å²) >= 11 is 0. The Kier molecular flexibility index (Phi) is 9.04. The predicted octanol–water partition coefficient (Wildman–Crippen LogP) is 3.99. The molecule has 0 spiro atoms. The highest BCUT2D eigenvalue weighted by atomic mass is 35.5. The number of carbonyl (C=O) groups excluding carboxylic acids is 1. The van der Waals surface area contributed by atoms with Crippen molar-refractivity contribution >= 4 is 18.4 Å². The average Bonchev–Trinajstić information content (AvgIpc) is 2.71. The zero-order valence-corrected chi connectivity index (χ0v) is 20.5. The quantitative estimate of drug-likeness (QED) is 0.628. The molecule has 1 aromatic carbocycles. The van der Waals surface area contributed by atoms with Gasteiger partial charge in [0, 0.05) is 31.5 Å². The van der Waals surface area contributed by atoms with Crippen LogP contribution in [0.25, 0.3) is 0 Å². The number of nitrogens with two attached hydrogens (primary N) is 1. The molecular weight excluding hydrogens is 416 g/mol. The minimum atomic E-state index is -0.578. The van der Waals surface area contributed by atoms with Crippen molar-refractivity contribution in [2.75, 3.05) is 27.3 Å². The molecule has 4 atom stereocenters. The minimum absolute atomic E-state index is 0. The van der Waals surface area contributed by atoms with Crippen LogP contribution in [0.2, 0.25) is 0 Å². The number of benzene rings is 1. The summed E-state index contributed by atoms with van der Waals surface area (Å²) in [7, 11) is 3.34. The highest BCUT2D eigenvalue weighted by Gasteiger charge is 2.41. The summed E-state index contributed by atoms with van der Waals surface area (Å²) in [6, 6.07) is 3.84. The number of esters is 1. The number of piperidine rings is 1. The molecule has 2 aliphatic heterocycles. The smallest absolute Gasteiger partial charge is 0.323 e. The number of halogens is 1. The molecule has 31 heavy (non-hydrogen) atoms. The van der Waals surface area contributed by atoms with Crippen LogP contribution in [0, 0.1) is 17.8 Å². The number of methoxy groups -OCH3 is 2. The lowest BCUT2D eigenvalue weighted by Gasteiger charge is -2.47. The second kappa shape index (κ2) is 10.9. The third-order valence-electron chi connectivity index (χ3n) is 6.60. The number of nitrogens with zero attached hydrogens (tertiary/aromatic N) is 1. The van der Waals surface area contributed by atoms with Crippen LogP contribution in [0.5, 0.6) is 11.5 Å². The maximum absolute atomic E-state index is 12.7. The van der Waals surface area contributed by atoms with E-state index in [0.717, 1.165) is 43.9 Å². The van der Waals surface area contributed by atoms with Crippen molar-refractivity contribution in [2.45, 2.75) is 65.1 Å². The molecule has 7 heteroatoms. The molecule has 0 saturated carbocycles. The SMILES string of the molecule is COc1cc2c(cc1OC)[C@H]1C[C@@H](OC(=O)[C@@H](N)C(C)C)[C@H](CC(C)C)CN1CC2.Cl. The first-order valence-corrected chi connectivity index (χ1v) is 11.2. The van der Waals surface area contributed by atoms with Gasteiger partial charge < -0.3 is 19.9 Å². The van der Waals surface area contributed by atoms with Crippen molar-refractivity contribution < 1.29 is 19.0 Å². The summed E-state index contributed by atoms with van der Waals surface area (Å²) in [6.45, 7) is 10.3. The van der Waals surface area contributed by atoms with Gasteiger partial charge >= 0.3 is 5.97 Å². The van der Waals surface area contributed by atoms with E-state index in [-0.39, 0.29) is 36.4 Å². The van der Waals surface area contributed by atoms with Crippen molar-refractivity contribution in [1.82, 2.24) is 4.90 Å². The fourth-order valence-electron chi connectivity index (χ4n) is 4.88. The summed E-state index contributed by atoms with van der Waals surface area (Å²) in [5.41, 5.74) is 8.64. The molecule has 1 saturated heterocycles. The van der Waals surface area contributed by atoms with Gasteiger partial charge in [-0.05, 0) is 47.9 Å². The predicted molar refractivity (Wildman–Crippen MR) is 125 cm³/mol. The van der Waals surface area contributed by atoms with E-state index < -0.39 is 6.04 Å². The van der Waals surface area contributed by atoms with E-state index in [4.69, 9.17) is 19.9 Å². The first-order valence-electron chi connectivity index (χ1n) is 11.2. The van der Waals surface area contributed by atoms with E-state index in [0.29, 0.717) is 11.8 Å². The molecule has 3 rings (SSSR count). The van der Waals surface area contributed by atoms with Crippen molar-refractivity contribution in [2.24, 2.45) is 23.5 Å². The van der Waals surface area contributed by atoms with Gasteiger partial charge in [-0.2, -0.15) is 0 Å². The van der Waals surface area contributed by atoms with Crippen LogP contribution in [0.15, 0.2) is 12.1 Å². The Morgan fingerprint density at radius 3 is 2.39 bits per heavy atom. The van der Waals surface area contributed by atoms with Crippen LogP contribution >= 0.6 is 12.4 Å². The molecule has 0 amide bonds. The van der Waals surface area contributed by atoms with Crippen LogP contribution in [0.1, 0.15) is 57.7 Å². The lowest BCUT2D eigenvalue weighted by atomic mass is 9.79. The Morgan fingerprint density at radius 2 is 1.81 bits per heavy atom. The summed E-state index contributed by atoms with van der Waals surface area (Å²) in [4.78, 5) is 15.2. The number of hydrogen-bond acceptors (Lipinski definition) is 6. The van der Waals surface area contributed by atoms with Crippen molar-refractivity contribution in [3.8, 4) is 11.5 Å². The van der Waals surface area contributed by atoms with Gasteiger partial charge in [0.25, 0.3) is 0 Å². The minimum Gasteiger partial charge on any atom is -0.493 e. The Morgan fingerprint density at radius 1 is 1.16 bits per heavy atom. The van der Waals surface area contributed by atoms with E-state index in [1.165, 1.54) is 11.1 Å². The fraction of sp³-hybridized carbons (Fsp3) is 0.708. The zero-order valence-electron chi connectivity index (χ0n) is 19.7. The highest BCUT2D eigenvalue weighted by Crippen LogP contribution is 2.44. The summed E-state index contributed by atoms with van der Waals surface area (Å²) in [5, 5.41) is 0. The van der Waals surface area contributed by atoms with Crippen molar-refractivity contribution in [3.63, 3.8) is 0 Å². The van der Waals surface area contributed by atoms with Gasteiger partial charge in [-0.3, -0.25) is 9.69 Å². The summed E-state index contributed by atoms with van der Waals surface area (Å²) in [5.74, 6) is 2.18. The molecule has 0 aromatic heterocycles. The Balaban J connectivity index is 0.00000341. The Bertz CT molecular complexity index is 755. The number of ether oxygens (including phenoxy) is 3. The van der Waals surface area contributed by atoms with Gasteiger partial charge in [0.05, 0.1) is 14.2 Å². The van der Waals surface area contributed by atoms with E-state index in [1.54, 1.807) is 14.2 Å². The van der Waals surface area contributed by atoms with E-state index >= 15 is 0 Å². The number of carbonyl (C=O) groups is 1. The Labute approximate surface area is 193 Å². The Hall–Kier alpha value is -1.50. The van der Waals surface area contributed by atoms with Crippen LogP contribution in [0.4, 0.5) is 0 Å². The first kappa shape index (κ1) is 25.8. The fourth-order valence-corrected chi connectivity index (χ4v) is 4.88. The van der Waals surface area contributed by atoms with Crippen molar-refractivity contribution in [3.05, 3.63) is 23.3 Å². The van der Waals surface area contributed by atoms with Crippen LogP contribution in [0.3, 0.4) is 0 Å².